The molecule has 1 aromatic rings. The Balaban J connectivity index is 2.71. The molecule has 82 valence electrons. The molecule has 0 spiro atoms. The van der Waals surface area contributed by atoms with Crippen LogP contribution >= 0.6 is 12.2 Å². The first-order valence-corrected chi connectivity index (χ1v) is 5.52. The molecule has 1 aromatic carbocycles. The van der Waals surface area contributed by atoms with Gasteiger partial charge in [0.05, 0.1) is 0 Å². The number of nitrogens with one attached hydrogen (secondary N) is 1. The molecule has 15 heavy (non-hydrogen) atoms. The van der Waals surface area contributed by atoms with Crippen LogP contribution in [0.5, 0.6) is 0 Å². The molecule has 0 saturated carbocycles. The Labute approximate surface area is 97.3 Å². The molecule has 0 fully saturated rings. The molecule has 1 rings (SSSR count). The van der Waals surface area contributed by atoms with Gasteiger partial charge in [-0.05, 0) is 45.1 Å². The van der Waals surface area contributed by atoms with Crippen LogP contribution in [0.3, 0.4) is 0 Å². The van der Waals surface area contributed by atoms with E-state index in [4.69, 9.17) is 12.2 Å². The predicted molar refractivity (Wildman–Crippen MR) is 70.5 cm³/mol. The van der Waals surface area contributed by atoms with Crippen LogP contribution in [0.1, 0.15) is 19.4 Å². The molecule has 0 atom stereocenters. The van der Waals surface area contributed by atoms with Gasteiger partial charge in [-0.3, -0.25) is 0 Å². The zero-order valence-corrected chi connectivity index (χ0v) is 10.6. The minimum atomic E-state index is 0.366. The fraction of sp³-hybridized carbons (Fsp3) is 0.417. The third-order valence-electron chi connectivity index (χ3n) is 2.14. The van der Waals surface area contributed by atoms with Crippen LogP contribution in [0.2, 0.25) is 0 Å². The van der Waals surface area contributed by atoms with Gasteiger partial charge in [0.15, 0.2) is 5.11 Å². The summed E-state index contributed by atoms with van der Waals surface area (Å²) in [5, 5.41) is 3.97. The first-order valence-electron chi connectivity index (χ1n) is 5.11. The summed E-state index contributed by atoms with van der Waals surface area (Å²) in [6, 6.07) is 8.69. The maximum absolute atomic E-state index is 5.28. The molecule has 2 nitrogen and oxygen atoms in total. The van der Waals surface area contributed by atoms with E-state index in [1.807, 2.05) is 11.9 Å². The zero-order chi connectivity index (χ0) is 11.4. The van der Waals surface area contributed by atoms with Gasteiger partial charge in [0, 0.05) is 18.8 Å². The van der Waals surface area contributed by atoms with Gasteiger partial charge in [-0.15, -0.1) is 0 Å². The first-order chi connectivity index (χ1) is 7.00. The van der Waals surface area contributed by atoms with E-state index in [0.29, 0.717) is 6.04 Å². The van der Waals surface area contributed by atoms with Crippen molar-refractivity contribution in [3.05, 3.63) is 29.8 Å². The van der Waals surface area contributed by atoms with Crippen molar-refractivity contribution < 1.29 is 0 Å². The van der Waals surface area contributed by atoms with Crippen LogP contribution in [0.4, 0.5) is 5.69 Å². The Morgan fingerprint density at radius 1 is 1.27 bits per heavy atom. The van der Waals surface area contributed by atoms with Crippen molar-refractivity contribution in [3.8, 4) is 0 Å². The maximum atomic E-state index is 5.28. The topological polar surface area (TPSA) is 15.3 Å². The summed E-state index contributed by atoms with van der Waals surface area (Å²) >= 11 is 5.28. The van der Waals surface area contributed by atoms with Crippen LogP contribution in [0.25, 0.3) is 0 Å². The van der Waals surface area contributed by atoms with Crippen molar-refractivity contribution in [1.82, 2.24) is 5.32 Å². The minimum absolute atomic E-state index is 0.366. The molecular weight excluding hydrogens is 204 g/mol. The number of nitrogens with zero attached hydrogens (tertiary/aromatic N) is 1. The summed E-state index contributed by atoms with van der Waals surface area (Å²) in [5.74, 6) is 0. The second-order valence-corrected chi connectivity index (χ2v) is 4.39. The van der Waals surface area contributed by atoms with Gasteiger partial charge >= 0.3 is 0 Å². The lowest BCUT2D eigenvalue weighted by Crippen LogP contribution is -2.40. The van der Waals surface area contributed by atoms with Crippen LogP contribution in [-0.2, 0) is 0 Å². The average molecular weight is 222 g/mol. The molecule has 0 aliphatic rings. The quantitative estimate of drug-likeness (QED) is 0.775. The molecule has 3 heteroatoms. The third-order valence-corrected chi connectivity index (χ3v) is 2.53. The monoisotopic (exact) mass is 222 g/mol. The van der Waals surface area contributed by atoms with Gasteiger partial charge in [-0.1, -0.05) is 17.7 Å². The highest BCUT2D eigenvalue weighted by molar-refractivity contribution is 7.80. The van der Waals surface area contributed by atoms with Crippen molar-refractivity contribution in [2.75, 3.05) is 11.9 Å². The van der Waals surface area contributed by atoms with E-state index in [2.05, 4.69) is 50.4 Å². The standard InChI is InChI=1S/C12H18N2S/c1-9(2)13-12(15)14(4)11-7-5-10(3)6-8-11/h5-9H,1-4H3,(H,13,15). The first kappa shape index (κ1) is 12.0. The summed E-state index contributed by atoms with van der Waals surface area (Å²) in [6.45, 7) is 6.24. The maximum Gasteiger partial charge on any atom is 0.173 e. The number of hydrogen-bond acceptors (Lipinski definition) is 1. The molecule has 0 saturated heterocycles. The Hall–Kier alpha value is -1.09. The van der Waals surface area contributed by atoms with Crippen molar-refractivity contribution in [2.45, 2.75) is 26.8 Å². The van der Waals surface area contributed by atoms with Crippen LogP contribution in [0.15, 0.2) is 24.3 Å². The molecule has 0 bridgehead atoms. The summed E-state index contributed by atoms with van der Waals surface area (Å²) in [4.78, 5) is 1.98. The van der Waals surface area contributed by atoms with Gasteiger partial charge in [0.1, 0.15) is 0 Å². The molecule has 0 amide bonds. The summed E-state index contributed by atoms with van der Waals surface area (Å²) in [7, 11) is 1.97. The predicted octanol–water partition coefficient (Wildman–Crippen LogP) is 2.71. The summed E-state index contributed by atoms with van der Waals surface area (Å²) < 4.78 is 0. The van der Waals surface area contributed by atoms with E-state index in [1.165, 1.54) is 5.56 Å². The Kier molecular flexibility index (Phi) is 4.09. The lowest BCUT2D eigenvalue weighted by Gasteiger charge is -2.22. The lowest BCUT2D eigenvalue weighted by molar-refractivity contribution is 0.732. The molecular formula is C12H18N2S. The van der Waals surface area contributed by atoms with Crippen molar-refractivity contribution in [3.63, 3.8) is 0 Å². The summed E-state index contributed by atoms with van der Waals surface area (Å²) in [5.41, 5.74) is 2.37. The second-order valence-electron chi connectivity index (χ2n) is 4.00. The zero-order valence-electron chi connectivity index (χ0n) is 9.74. The highest BCUT2D eigenvalue weighted by atomic mass is 32.1. The fourth-order valence-corrected chi connectivity index (χ4v) is 1.57. The molecule has 0 heterocycles. The molecule has 1 N–H and O–H groups in total. The minimum Gasteiger partial charge on any atom is -0.360 e. The summed E-state index contributed by atoms with van der Waals surface area (Å²) in [6.07, 6.45) is 0. The number of anilines is 1. The number of thiocarbonyl (C=S) groups is 1. The normalized spacial score (nSPS) is 10.2. The highest BCUT2D eigenvalue weighted by Crippen LogP contribution is 2.13. The molecule has 0 unspecified atom stereocenters. The van der Waals surface area contributed by atoms with E-state index in [-0.39, 0.29) is 0 Å². The van der Waals surface area contributed by atoms with E-state index >= 15 is 0 Å². The van der Waals surface area contributed by atoms with Crippen LogP contribution in [0, 0.1) is 6.92 Å². The van der Waals surface area contributed by atoms with Crippen LogP contribution < -0.4 is 10.2 Å². The van der Waals surface area contributed by atoms with Gasteiger partial charge in [0.2, 0.25) is 0 Å². The Bertz CT molecular complexity index is 330. The van der Waals surface area contributed by atoms with Gasteiger partial charge < -0.3 is 10.2 Å². The second kappa shape index (κ2) is 5.12. The fourth-order valence-electron chi connectivity index (χ4n) is 1.23. The van der Waals surface area contributed by atoms with Gasteiger partial charge in [-0.2, -0.15) is 0 Å². The van der Waals surface area contributed by atoms with Crippen molar-refractivity contribution in [2.24, 2.45) is 0 Å². The SMILES string of the molecule is Cc1ccc(N(C)C(=S)NC(C)C)cc1. The van der Waals surface area contributed by atoms with E-state index < -0.39 is 0 Å². The largest absolute Gasteiger partial charge is 0.360 e. The van der Waals surface area contributed by atoms with E-state index in [1.54, 1.807) is 0 Å². The van der Waals surface area contributed by atoms with Crippen LogP contribution in [-0.4, -0.2) is 18.2 Å². The smallest absolute Gasteiger partial charge is 0.173 e. The number of hydrogen-bond donors (Lipinski definition) is 1. The highest BCUT2D eigenvalue weighted by Gasteiger charge is 2.06. The van der Waals surface area contributed by atoms with E-state index in [0.717, 1.165) is 10.8 Å². The van der Waals surface area contributed by atoms with Crippen molar-refractivity contribution >= 4 is 23.0 Å². The van der Waals surface area contributed by atoms with Gasteiger partial charge in [-0.25, -0.2) is 0 Å². The molecule has 0 radical (unpaired) electrons. The molecule has 0 aliphatic carbocycles. The molecule has 0 aliphatic heterocycles. The van der Waals surface area contributed by atoms with Crippen molar-refractivity contribution in [1.29, 1.82) is 0 Å². The Morgan fingerprint density at radius 2 is 1.80 bits per heavy atom. The lowest BCUT2D eigenvalue weighted by atomic mass is 10.2. The molecule has 0 aromatic heterocycles. The number of benzene rings is 1. The van der Waals surface area contributed by atoms with E-state index in [9.17, 15) is 0 Å². The average Bonchev–Trinajstić information content (AvgIpc) is 2.17. The third kappa shape index (κ3) is 3.51. The number of aryl methyl sites for hydroxylation is 1. The van der Waals surface area contributed by atoms with Gasteiger partial charge in [0.25, 0.3) is 0 Å². The number of rotatable bonds is 2. The Morgan fingerprint density at radius 3 is 2.27 bits per heavy atom.